The Bertz CT molecular complexity index is 1430. The maximum atomic E-state index is 13.6. The second kappa shape index (κ2) is 8.55. The average Bonchev–Trinajstić information content (AvgIpc) is 3.22. The molecule has 5 aromatic rings. The summed E-state index contributed by atoms with van der Waals surface area (Å²) >= 11 is 0. The molecular weight excluding hydrogens is 413 g/mol. The van der Waals surface area contributed by atoms with Crippen molar-refractivity contribution < 1.29 is 9.18 Å². The van der Waals surface area contributed by atoms with Crippen LogP contribution in [-0.4, -0.2) is 15.3 Å². The average molecular weight is 433 g/mol. The van der Waals surface area contributed by atoms with E-state index in [2.05, 4.69) is 4.98 Å². The van der Waals surface area contributed by atoms with E-state index >= 15 is 0 Å². The first-order valence-electron chi connectivity index (χ1n) is 10.5. The summed E-state index contributed by atoms with van der Waals surface area (Å²) in [5.74, 6) is 0.0447. The van der Waals surface area contributed by atoms with Gasteiger partial charge in [-0.2, -0.15) is 0 Å². The summed E-state index contributed by atoms with van der Waals surface area (Å²) in [6.45, 7) is 0. The third kappa shape index (κ3) is 3.81. The fourth-order valence-electron chi connectivity index (χ4n) is 4.00. The first-order chi connectivity index (χ1) is 16.1. The van der Waals surface area contributed by atoms with Gasteiger partial charge in [0, 0.05) is 40.3 Å². The molecule has 4 nitrogen and oxygen atoms in total. The molecule has 2 heterocycles. The summed E-state index contributed by atoms with van der Waals surface area (Å²) in [7, 11) is 0. The Labute approximate surface area is 190 Å². The van der Waals surface area contributed by atoms with Gasteiger partial charge in [0.15, 0.2) is 5.78 Å². The lowest BCUT2D eigenvalue weighted by atomic mass is 9.94. The summed E-state index contributed by atoms with van der Waals surface area (Å²) in [6, 6.07) is 28.5. The molecule has 160 valence electrons. The fraction of sp³-hybridized carbons (Fsp3) is 0. The van der Waals surface area contributed by atoms with Gasteiger partial charge in [-0.3, -0.25) is 14.3 Å². The minimum absolute atomic E-state index is 0.0805. The van der Waals surface area contributed by atoms with Crippen LogP contribution in [-0.2, 0) is 0 Å². The molecule has 0 aliphatic heterocycles. The van der Waals surface area contributed by atoms with Crippen LogP contribution in [0.5, 0.6) is 0 Å². The molecule has 5 heteroatoms. The zero-order chi connectivity index (χ0) is 22.8. The van der Waals surface area contributed by atoms with Crippen molar-refractivity contribution in [1.29, 1.82) is 0 Å². The van der Waals surface area contributed by atoms with Gasteiger partial charge in [0.05, 0.1) is 5.69 Å². The Morgan fingerprint density at radius 2 is 1.55 bits per heavy atom. The van der Waals surface area contributed by atoms with E-state index in [4.69, 9.17) is 5.73 Å². The number of ketones is 1. The van der Waals surface area contributed by atoms with Crippen LogP contribution in [0.2, 0.25) is 0 Å². The molecule has 0 radical (unpaired) electrons. The number of hydrogen-bond donors (Lipinski definition) is 1. The van der Waals surface area contributed by atoms with Crippen LogP contribution in [0, 0.1) is 5.82 Å². The maximum Gasteiger partial charge on any atom is 0.193 e. The minimum Gasteiger partial charge on any atom is -0.384 e. The van der Waals surface area contributed by atoms with E-state index in [0.29, 0.717) is 22.6 Å². The number of carbonyl (C=O) groups excluding carboxylic acids is 1. The van der Waals surface area contributed by atoms with Crippen LogP contribution < -0.4 is 5.73 Å². The largest absolute Gasteiger partial charge is 0.384 e. The molecule has 0 atom stereocenters. The Morgan fingerprint density at radius 3 is 2.27 bits per heavy atom. The summed E-state index contributed by atoms with van der Waals surface area (Å²) in [5.41, 5.74) is 11.7. The van der Waals surface area contributed by atoms with Gasteiger partial charge in [-0.25, -0.2) is 4.39 Å². The van der Waals surface area contributed by atoms with Crippen molar-refractivity contribution in [1.82, 2.24) is 9.55 Å². The molecule has 0 bridgehead atoms. The molecule has 33 heavy (non-hydrogen) atoms. The molecule has 0 fully saturated rings. The number of carbonyl (C=O) groups is 1. The highest BCUT2D eigenvalue weighted by Crippen LogP contribution is 2.38. The highest BCUT2D eigenvalue weighted by atomic mass is 19.1. The van der Waals surface area contributed by atoms with Crippen LogP contribution in [0.1, 0.15) is 15.9 Å². The van der Waals surface area contributed by atoms with Crippen molar-refractivity contribution in [3.8, 4) is 28.1 Å². The summed E-state index contributed by atoms with van der Waals surface area (Å²) in [6.07, 6.45) is 3.45. The number of rotatable bonds is 5. The smallest absolute Gasteiger partial charge is 0.193 e. The number of anilines is 1. The molecule has 0 unspecified atom stereocenters. The van der Waals surface area contributed by atoms with Gasteiger partial charge in [-0.05, 0) is 48.0 Å². The van der Waals surface area contributed by atoms with Crippen LogP contribution in [0.15, 0.2) is 109 Å². The lowest BCUT2D eigenvalue weighted by Gasteiger charge is -2.13. The van der Waals surface area contributed by atoms with Gasteiger partial charge in [0.2, 0.25) is 0 Å². The number of halogens is 1. The zero-order valence-electron chi connectivity index (χ0n) is 17.7. The Kier molecular flexibility index (Phi) is 5.29. The van der Waals surface area contributed by atoms with E-state index in [-0.39, 0.29) is 11.6 Å². The van der Waals surface area contributed by atoms with Crippen LogP contribution >= 0.6 is 0 Å². The summed E-state index contributed by atoms with van der Waals surface area (Å²) < 4.78 is 15.5. The molecule has 2 aromatic heterocycles. The number of benzene rings is 3. The van der Waals surface area contributed by atoms with Crippen molar-refractivity contribution >= 4 is 11.6 Å². The third-order valence-electron chi connectivity index (χ3n) is 5.58. The predicted octanol–water partition coefficient (Wildman–Crippen LogP) is 6.16. The van der Waals surface area contributed by atoms with E-state index in [0.717, 1.165) is 22.4 Å². The monoisotopic (exact) mass is 433 g/mol. The maximum absolute atomic E-state index is 13.6. The predicted molar refractivity (Wildman–Crippen MR) is 129 cm³/mol. The molecule has 0 aliphatic rings. The molecule has 0 saturated heterocycles. The van der Waals surface area contributed by atoms with Gasteiger partial charge in [0.1, 0.15) is 11.6 Å². The normalized spacial score (nSPS) is 10.8. The molecule has 0 amide bonds. The molecule has 0 spiro atoms. The summed E-state index contributed by atoms with van der Waals surface area (Å²) in [5, 5.41) is 0. The van der Waals surface area contributed by atoms with Crippen molar-refractivity contribution in [2.45, 2.75) is 0 Å². The number of pyridine rings is 1. The van der Waals surface area contributed by atoms with Crippen molar-refractivity contribution in [3.63, 3.8) is 0 Å². The molecule has 5 rings (SSSR count). The first-order valence-corrected chi connectivity index (χ1v) is 10.5. The van der Waals surface area contributed by atoms with Gasteiger partial charge < -0.3 is 5.73 Å². The van der Waals surface area contributed by atoms with Gasteiger partial charge in [-0.15, -0.1) is 0 Å². The van der Waals surface area contributed by atoms with Crippen LogP contribution in [0.25, 0.3) is 28.1 Å². The third-order valence-corrected chi connectivity index (χ3v) is 5.58. The van der Waals surface area contributed by atoms with E-state index in [1.807, 2.05) is 65.2 Å². The quantitative estimate of drug-likeness (QED) is 0.338. The van der Waals surface area contributed by atoms with Crippen molar-refractivity contribution in [2.24, 2.45) is 0 Å². The Hall–Kier alpha value is -4.51. The minimum atomic E-state index is -0.327. The van der Waals surface area contributed by atoms with E-state index in [9.17, 15) is 9.18 Å². The second-order valence-corrected chi connectivity index (χ2v) is 7.62. The molecule has 0 saturated carbocycles. The lowest BCUT2D eigenvalue weighted by Crippen LogP contribution is -2.05. The topological polar surface area (TPSA) is 60.9 Å². The van der Waals surface area contributed by atoms with Gasteiger partial charge >= 0.3 is 0 Å². The molecular formula is C28H20FN3O. The Balaban J connectivity index is 1.73. The van der Waals surface area contributed by atoms with Gasteiger partial charge in [-0.1, -0.05) is 54.6 Å². The molecule has 3 aromatic carbocycles. The summed E-state index contributed by atoms with van der Waals surface area (Å²) in [4.78, 5) is 17.6. The lowest BCUT2D eigenvalue weighted by molar-refractivity contribution is 0.103. The SMILES string of the molecule is Nc1c(-c2ccccc2C(=O)c2ccccc2)cc(-c2cccnc2)n1-c1ccc(F)cc1. The number of aromatic nitrogens is 2. The standard InChI is InChI=1S/C28H20FN3O/c29-21-12-14-22(15-13-21)32-26(20-9-6-16-31-18-20)17-25(28(32)30)23-10-4-5-11-24(23)27(33)19-7-2-1-3-8-19/h1-18H,30H2. The molecule has 0 aliphatic carbocycles. The molecule has 2 N–H and O–H groups in total. The number of nitrogen functional groups attached to an aromatic ring is 1. The zero-order valence-corrected chi connectivity index (χ0v) is 17.7. The first kappa shape index (κ1) is 20.4. The van der Waals surface area contributed by atoms with Crippen LogP contribution in [0.3, 0.4) is 0 Å². The van der Waals surface area contributed by atoms with Gasteiger partial charge in [0.25, 0.3) is 0 Å². The highest BCUT2D eigenvalue weighted by Gasteiger charge is 2.21. The van der Waals surface area contributed by atoms with E-state index in [1.165, 1.54) is 12.1 Å². The van der Waals surface area contributed by atoms with Crippen LogP contribution in [0.4, 0.5) is 10.2 Å². The highest BCUT2D eigenvalue weighted by molar-refractivity contribution is 6.13. The Morgan fingerprint density at radius 1 is 0.818 bits per heavy atom. The van der Waals surface area contributed by atoms with Crippen molar-refractivity contribution in [3.05, 3.63) is 126 Å². The van der Waals surface area contributed by atoms with E-state index in [1.54, 1.807) is 36.7 Å². The number of hydrogen-bond acceptors (Lipinski definition) is 3. The second-order valence-electron chi connectivity index (χ2n) is 7.62. The fourth-order valence-corrected chi connectivity index (χ4v) is 4.00. The number of nitrogens with zero attached hydrogens (tertiary/aromatic N) is 2. The number of nitrogens with two attached hydrogens (primary N) is 1. The van der Waals surface area contributed by atoms with E-state index < -0.39 is 0 Å². The van der Waals surface area contributed by atoms with Crippen molar-refractivity contribution in [2.75, 3.05) is 5.73 Å².